The maximum Gasteiger partial charge on any atom is 0.330 e. The number of ketones is 2. The topological polar surface area (TPSA) is 118 Å². The van der Waals surface area contributed by atoms with Crippen LogP contribution in [0.3, 0.4) is 0 Å². The Bertz CT molecular complexity index is 1470. The zero-order valence-corrected chi connectivity index (χ0v) is 43.9. The van der Waals surface area contributed by atoms with E-state index in [-0.39, 0.29) is 58.2 Å². The van der Waals surface area contributed by atoms with Crippen molar-refractivity contribution in [3.8, 4) is 0 Å². The Morgan fingerprint density at radius 2 is 1.19 bits per heavy atom. The molecule has 2 aliphatic carbocycles. The molecule has 1 aliphatic heterocycles. The average Bonchev–Trinajstić information content (AvgIpc) is 3.52. The number of allylic oxidation sites excluding steroid dienone is 4. The first-order valence-electron chi connectivity index (χ1n) is 20.8. The summed E-state index contributed by atoms with van der Waals surface area (Å²) in [7, 11) is 0.305. The predicted molar refractivity (Wildman–Crippen MR) is 248 cm³/mol. The van der Waals surface area contributed by atoms with Crippen molar-refractivity contribution in [1.29, 1.82) is 0 Å². The normalized spacial score (nSPS) is 22.5. The first-order valence-corrected chi connectivity index (χ1v) is 33.5. The molecule has 13 heteroatoms. The number of Topliss-reactive ketones (excluding diaryl/α,β-unsaturated/α-hetero) is 2. The number of carbonyl (C=O) groups excluding carboxylic acids is 4. The van der Waals surface area contributed by atoms with E-state index in [2.05, 4.69) is 81.0 Å². The highest BCUT2D eigenvalue weighted by Gasteiger charge is 2.63. The third kappa shape index (κ3) is 21.5. The molecule has 1 saturated heterocycles. The number of rotatable bonds is 14. The Kier molecular flexibility index (Phi) is 23.7. The van der Waals surface area contributed by atoms with Gasteiger partial charge in [0, 0.05) is 50.5 Å². The monoisotopic (exact) mass is 864 g/mol. The summed E-state index contributed by atoms with van der Waals surface area (Å²) in [5.41, 5.74) is 1.17. The van der Waals surface area contributed by atoms with E-state index in [0.717, 1.165) is 11.1 Å². The van der Waals surface area contributed by atoms with Gasteiger partial charge < -0.3 is 23.7 Å². The van der Waals surface area contributed by atoms with E-state index >= 15 is 0 Å². The second-order valence-corrected chi connectivity index (χ2v) is 32.3. The molecule has 4 atom stereocenters. The van der Waals surface area contributed by atoms with Crippen molar-refractivity contribution in [1.82, 2.24) is 0 Å². The third-order valence-electron chi connectivity index (χ3n) is 8.92. The van der Waals surface area contributed by atoms with E-state index in [1.165, 1.54) is 31.6 Å². The lowest BCUT2D eigenvalue weighted by Gasteiger charge is -2.26. The van der Waals surface area contributed by atoms with Gasteiger partial charge >= 0.3 is 11.9 Å². The summed E-state index contributed by atoms with van der Waals surface area (Å²) in [6.45, 7) is 34.7. The lowest BCUT2D eigenvalue weighted by molar-refractivity contribution is -0.135. The summed E-state index contributed by atoms with van der Waals surface area (Å²) in [5, 5.41) is 1.06. The number of methoxy groups -OCH3 is 2. The quantitative estimate of drug-likeness (QED) is 0.0734. The fourth-order valence-corrected chi connectivity index (χ4v) is 9.98. The second kappa shape index (κ2) is 24.7. The maximum atomic E-state index is 12.5. The van der Waals surface area contributed by atoms with Gasteiger partial charge in [0.05, 0.1) is 65.1 Å². The molecule has 0 spiro atoms. The molecular formula is C44H80O9Si4. The van der Waals surface area contributed by atoms with Crippen LogP contribution in [0.5, 0.6) is 0 Å². The molecule has 1 fully saturated rings. The van der Waals surface area contributed by atoms with Crippen LogP contribution in [-0.4, -0.2) is 108 Å². The van der Waals surface area contributed by atoms with Gasteiger partial charge in [-0.05, 0) is 84.1 Å². The zero-order valence-electron chi connectivity index (χ0n) is 39.1. The van der Waals surface area contributed by atoms with Crippen molar-refractivity contribution in [2.24, 2.45) is 0 Å². The summed E-state index contributed by atoms with van der Waals surface area (Å²) in [5.74, 6) is -0.362. The van der Waals surface area contributed by atoms with Gasteiger partial charge in [-0.15, -0.1) is 0 Å². The molecule has 0 saturated carbocycles. The van der Waals surface area contributed by atoms with Gasteiger partial charge in [-0.3, -0.25) is 9.59 Å². The van der Waals surface area contributed by atoms with Crippen LogP contribution in [0.2, 0.25) is 65.5 Å². The fourth-order valence-electron chi connectivity index (χ4n) is 6.22. The lowest BCUT2D eigenvalue weighted by atomic mass is 10.1. The molecule has 57 heavy (non-hydrogen) atoms. The third-order valence-corrected chi connectivity index (χ3v) is 14.4. The Morgan fingerprint density at radius 3 is 1.60 bits per heavy atom. The largest absolute Gasteiger partial charge is 0.466 e. The van der Waals surface area contributed by atoms with Gasteiger partial charge in [0.2, 0.25) is 0 Å². The molecule has 0 bridgehead atoms. The van der Waals surface area contributed by atoms with Crippen molar-refractivity contribution in [2.45, 2.75) is 180 Å². The lowest BCUT2D eigenvalue weighted by Crippen LogP contribution is -2.44. The Labute approximate surface area is 353 Å². The van der Waals surface area contributed by atoms with Crippen LogP contribution in [-0.2, 0) is 42.9 Å². The molecule has 0 aromatic heterocycles. The van der Waals surface area contributed by atoms with Crippen LogP contribution < -0.4 is 0 Å². The summed E-state index contributed by atoms with van der Waals surface area (Å²) < 4.78 is 27.3. The van der Waals surface area contributed by atoms with Crippen molar-refractivity contribution >= 4 is 58.7 Å². The fraction of sp³-hybridized carbons (Fsp3) is 0.682. The molecule has 0 N–H and O–H groups in total. The minimum Gasteiger partial charge on any atom is -0.466 e. The summed E-state index contributed by atoms with van der Waals surface area (Å²) in [6.07, 6.45) is 15.9. The predicted octanol–water partition coefficient (Wildman–Crippen LogP) is 8.48. The van der Waals surface area contributed by atoms with E-state index in [4.69, 9.17) is 14.2 Å². The standard InChI is InChI=1S/C20H32O5Si.C20H32O4Si.2C2H8Si/c1-19(2,3)24-15-11-14(16(21)12-15)13-20(26(5,6)7)17(25-20)9-8-10-18(22)23-4;1-20(2,3)24-16-12-15(18(21)14-16)13-17(25(5,6)7)10-8-9-11-19(22)23-4;2*1-3-2/h8,10-11,15,17H,9,12-13H2,1-7H3;9-12,16H,8,13-14H2,1-7H3;2*3H2,1-2H3/b10-8+;11-9+,17-10-;;. The SMILES string of the molecule is COC(=O)/C=C/C/C=C(/CC1=CC(OC(C)(C)C)CC1=O)[Si](C)(C)C.COC(=O)/C=C/CC1OC1(CC1=CC(OC(C)(C)C)CC1=O)[Si](C)(C)C.C[SiH2]C.C[SiH2]C. The maximum absolute atomic E-state index is 12.5. The molecule has 0 aromatic carbocycles. The summed E-state index contributed by atoms with van der Waals surface area (Å²) >= 11 is 0. The number of hydrogen-bond acceptors (Lipinski definition) is 9. The Balaban J connectivity index is 0.000000967. The van der Waals surface area contributed by atoms with Crippen molar-refractivity contribution in [2.75, 3.05) is 14.2 Å². The second-order valence-electron chi connectivity index (χ2n) is 19.0. The molecule has 1 heterocycles. The highest BCUT2D eigenvalue weighted by atomic mass is 28.3. The van der Waals surface area contributed by atoms with Gasteiger partial charge in [0.15, 0.2) is 11.6 Å². The molecule has 326 valence electrons. The number of esters is 2. The average molecular weight is 865 g/mol. The molecule has 4 unspecified atom stereocenters. The van der Waals surface area contributed by atoms with Gasteiger partial charge in [0.1, 0.15) is 0 Å². The number of hydrogen-bond donors (Lipinski definition) is 0. The van der Waals surface area contributed by atoms with Gasteiger partial charge in [-0.1, -0.05) is 88.9 Å². The van der Waals surface area contributed by atoms with Crippen LogP contribution in [0.15, 0.2) is 58.9 Å². The Hall–Kier alpha value is -2.27. The van der Waals surface area contributed by atoms with Crippen molar-refractivity contribution < 1.29 is 42.9 Å². The number of carbonyl (C=O) groups is 4. The minimum atomic E-state index is -1.69. The molecule has 0 radical (unpaired) electrons. The van der Waals surface area contributed by atoms with E-state index in [1.807, 2.05) is 53.7 Å². The molecule has 0 aromatic rings. The van der Waals surface area contributed by atoms with E-state index in [9.17, 15) is 19.2 Å². The van der Waals surface area contributed by atoms with Crippen LogP contribution in [0, 0.1) is 0 Å². The molecule has 0 amide bonds. The highest BCUT2D eigenvalue weighted by Crippen LogP contribution is 2.51. The van der Waals surface area contributed by atoms with Crippen LogP contribution >= 0.6 is 0 Å². The van der Waals surface area contributed by atoms with Crippen molar-refractivity contribution in [3.63, 3.8) is 0 Å². The first kappa shape index (κ1) is 54.7. The highest BCUT2D eigenvalue weighted by molar-refractivity contribution is 6.83. The molecular weight excluding hydrogens is 785 g/mol. The summed E-state index contributed by atoms with van der Waals surface area (Å²) in [6, 6.07) is 0. The van der Waals surface area contributed by atoms with Crippen LogP contribution in [0.25, 0.3) is 0 Å². The summed E-state index contributed by atoms with van der Waals surface area (Å²) in [4.78, 5) is 47.2. The van der Waals surface area contributed by atoms with Gasteiger partial charge in [-0.2, -0.15) is 0 Å². The number of epoxide rings is 1. The van der Waals surface area contributed by atoms with Gasteiger partial charge in [-0.25, -0.2) is 9.59 Å². The van der Waals surface area contributed by atoms with Gasteiger partial charge in [0.25, 0.3) is 0 Å². The molecule has 9 nitrogen and oxygen atoms in total. The van der Waals surface area contributed by atoms with E-state index in [1.54, 1.807) is 12.2 Å². The van der Waals surface area contributed by atoms with E-state index in [0.29, 0.717) is 57.6 Å². The van der Waals surface area contributed by atoms with Crippen LogP contribution in [0.1, 0.15) is 80.1 Å². The zero-order chi connectivity index (χ0) is 44.4. The molecule has 3 aliphatic rings. The van der Waals surface area contributed by atoms with Crippen molar-refractivity contribution in [3.05, 3.63) is 58.9 Å². The number of ether oxygens (including phenoxy) is 5. The smallest absolute Gasteiger partial charge is 0.330 e. The minimum absolute atomic E-state index is 0.0476. The molecule has 3 rings (SSSR count). The van der Waals surface area contributed by atoms with E-state index < -0.39 is 16.1 Å². The first-order chi connectivity index (χ1) is 26.1. The Morgan fingerprint density at radius 1 is 0.772 bits per heavy atom. The van der Waals surface area contributed by atoms with Crippen LogP contribution in [0.4, 0.5) is 0 Å².